The Kier molecular flexibility index (Phi) is 5.89. The number of nitrogens with one attached hydrogen (secondary N) is 1. The van der Waals surface area contributed by atoms with Gasteiger partial charge in [0.25, 0.3) is 0 Å². The van der Waals surface area contributed by atoms with Crippen molar-refractivity contribution in [3.05, 3.63) is 77.9 Å². The van der Waals surface area contributed by atoms with Gasteiger partial charge >= 0.3 is 0 Å². The lowest BCUT2D eigenvalue weighted by atomic mass is 10.0. The SMILES string of the molecule is COc1ccc(C(CNC(N)c2cccc3ccccc23)N(C)C)cc1. The number of hydrogen-bond acceptors (Lipinski definition) is 4. The minimum atomic E-state index is -0.221. The highest BCUT2D eigenvalue weighted by molar-refractivity contribution is 5.86. The van der Waals surface area contributed by atoms with Gasteiger partial charge in [-0.3, -0.25) is 5.32 Å². The molecule has 0 radical (unpaired) electrons. The van der Waals surface area contributed by atoms with Crippen molar-refractivity contribution in [1.29, 1.82) is 0 Å². The largest absolute Gasteiger partial charge is 0.497 e. The van der Waals surface area contributed by atoms with Crippen LogP contribution in [0.25, 0.3) is 10.8 Å². The first-order valence-corrected chi connectivity index (χ1v) is 8.87. The van der Waals surface area contributed by atoms with Crippen LogP contribution in [0.2, 0.25) is 0 Å². The summed E-state index contributed by atoms with van der Waals surface area (Å²) in [7, 11) is 5.85. The first-order valence-electron chi connectivity index (χ1n) is 8.87. The lowest BCUT2D eigenvalue weighted by Gasteiger charge is -2.27. The summed E-state index contributed by atoms with van der Waals surface area (Å²) in [5.41, 5.74) is 8.83. The van der Waals surface area contributed by atoms with E-state index >= 15 is 0 Å². The second kappa shape index (κ2) is 8.32. The Morgan fingerprint density at radius 2 is 1.65 bits per heavy atom. The Hall–Kier alpha value is -2.40. The molecule has 136 valence electrons. The summed E-state index contributed by atoms with van der Waals surface area (Å²) in [5.74, 6) is 0.867. The third-order valence-corrected chi connectivity index (χ3v) is 4.81. The van der Waals surface area contributed by atoms with E-state index in [2.05, 4.69) is 78.9 Å². The van der Waals surface area contributed by atoms with Crippen LogP contribution >= 0.6 is 0 Å². The van der Waals surface area contributed by atoms with Gasteiger partial charge in [0.2, 0.25) is 0 Å². The summed E-state index contributed by atoms with van der Waals surface area (Å²) < 4.78 is 5.26. The number of rotatable bonds is 7. The second-order valence-electron chi connectivity index (χ2n) is 6.71. The minimum absolute atomic E-state index is 0.221. The molecule has 0 saturated heterocycles. The Balaban J connectivity index is 1.76. The summed E-state index contributed by atoms with van der Waals surface area (Å²) in [4.78, 5) is 2.20. The van der Waals surface area contributed by atoms with Crippen LogP contribution in [0.5, 0.6) is 5.75 Å². The topological polar surface area (TPSA) is 50.5 Å². The van der Waals surface area contributed by atoms with Gasteiger partial charge in [-0.2, -0.15) is 0 Å². The maximum Gasteiger partial charge on any atom is 0.118 e. The molecule has 0 bridgehead atoms. The van der Waals surface area contributed by atoms with Crippen LogP contribution in [0.3, 0.4) is 0 Å². The third-order valence-electron chi connectivity index (χ3n) is 4.81. The lowest BCUT2D eigenvalue weighted by Crippen LogP contribution is -2.36. The number of methoxy groups -OCH3 is 1. The van der Waals surface area contributed by atoms with Crippen LogP contribution in [0.15, 0.2) is 66.7 Å². The van der Waals surface area contributed by atoms with Crippen LogP contribution in [-0.2, 0) is 0 Å². The molecule has 4 heteroatoms. The van der Waals surface area contributed by atoms with Gasteiger partial charge in [-0.05, 0) is 48.1 Å². The van der Waals surface area contributed by atoms with Gasteiger partial charge in [0.15, 0.2) is 0 Å². The predicted molar refractivity (Wildman–Crippen MR) is 108 cm³/mol. The molecule has 0 aromatic heterocycles. The molecule has 2 unspecified atom stereocenters. The van der Waals surface area contributed by atoms with Gasteiger partial charge < -0.3 is 15.4 Å². The molecule has 4 nitrogen and oxygen atoms in total. The molecule has 0 fully saturated rings. The molecule has 0 aliphatic heterocycles. The monoisotopic (exact) mass is 349 g/mol. The molecule has 3 N–H and O–H groups in total. The Labute approximate surface area is 155 Å². The average Bonchev–Trinajstić information content (AvgIpc) is 2.67. The molecule has 0 heterocycles. The van der Waals surface area contributed by atoms with E-state index in [1.165, 1.54) is 16.3 Å². The third kappa shape index (κ3) is 4.05. The summed E-state index contributed by atoms with van der Waals surface area (Å²) in [6.45, 7) is 0.754. The Morgan fingerprint density at radius 3 is 2.35 bits per heavy atom. The Morgan fingerprint density at radius 1 is 0.962 bits per heavy atom. The zero-order chi connectivity index (χ0) is 18.5. The van der Waals surface area contributed by atoms with E-state index in [-0.39, 0.29) is 12.2 Å². The fourth-order valence-electron chi connectivity index (χ4n) is 3.29. The average molecular weight is 349 g/mol. The second-order valence-corrected chi connectivity index (χ2v) is 6.71. The molecule has 0 saturated carbocycles. The van der Waals surface area contributed by atoms with E-state index in [1.54, 1.807) is 7.11 Å². The van der Waals surface area contributed by atoms with Crippen molar-refractivity contribution >= 4 is 10.8 Å². The van der Waals surface area contributed by atoms with Crippen molar-refractivity contribution in [3.8, 4) is 5.75 Å². The predicted octanol–water partition coefficient (Wildman–Crippen LogP) is 3.70. The zero-order valence-electron chi connectivity index (χ0n) is 15.6. The first kappa shape index (κ1) is 18.4. The highest BCUT2D eigenvalue weighted by atomic mass is 16.5. The maximum atomic E-state index is 6.48. The van der Waals surface area contributed by atoms with E-state index in [9.17, 15) is 0 Å². The van der Waals surface area contributed by atoms with Crippen LogP contribution in [-0.4, -0.2) is 32.6 Å². The van der Waals surface area contributed by atoms with Gasteiger partial charge in [0.1, 0.15) is 5.75 Å². The molecule has 0 amide bonds. The highest BCUT2D eigenvalue weighted by Gasteiger charge is 2.17. The molecule has 0 aliphatic carbocycles. The molecular formula is C22H27N3O. The summed E-state index contributed by atoms with van der Waals surface area (Å²) in [6, 6.07) is 23.0. The normalized spacial score (nSPS) is 13.7. The molecule has 3 aromatic rings. The van der Waals surface area contributed by atoms with Crippen LogP contribution in [0.1, 0.15) is 23.3 Å². The summed E-state index contributed by atoms with van der Waals surface area (Å²) >= 11 is 0. The number of likely N-dealkylation sites (N-methyl/N-ethyl adjacent to an activating group) is 1. The number of benzene rings is 3. The molecule has 0 spiro atoms. The number of nitrogens with zero attached hydrogens (tertiary/aromatic N) is 1. The van der Waals surface area contributed by atoms with Crippen molar-refractivity contribution in [1.82, 2.24) is 10.2 Å². The van der Waals surface area contributed by atoms with Crippen molar-refractivity contribution in [2.24, 2.45) is 5.73 Å². The smallest absolute Gasteiger partial charge is 0.118 e. The summed E-state index contributed by atoms with van der Waals surface area (Å²) in [5, 5.41) is 5.91. The number of hydrogen-bond donors (Lipinski definition) is 2. The zero-order valence-corrected chi connectivity index (χ0v) is 15.6. The maximum absolute atomic E-state index is 6.48. The van der Waals surface area contributed by atoms with Gasteiger partial charge in [0.05, 0.1) is 13.3 Å². The molecule has 3 aromatic carbocycles. The van der Waals surface area contributed by atoms with Crippen molar-refractivity contribution in [3.63, 3.8) is 0 Å². The van der Waals surface area contributed by atoms with E-state index in [1.807, 2.05) is 12.1 Å². The van der Waals surface area contributed by atoms with Crippen molar-refractivity contribution < 1.29 is 4.74 Å². The van der Waals surface area contributed by atoms with Gasteiger partial charge in [0, 0.05) is 12.6 Å². The number of ether oxygens (including phenoxy) is 1. The van der Waals surface area contributed by atoms with Gasteiger partial charge in [-0.1, -0.05) is 54.6 Å². The highest BCUT2D eigenvalue weighted by Crippen LogP contribution is 2.24. The van der Waals surface area contributed by atoms with Crippen molar-refractivity contribution in [2.45, 2.75) is 12.2 Å². The van der Waals surface area contributed by atoms with E-state index < -0.39 is 0 Å². The minimum Gasteiger partial charge on any atom is -0.497 e. The van der Waals surface area contributed by atoms with E-state index in [0.717, 1.165) is 17.9 Å². The molecule has 0 aliphatic rings. The molecule has 2 atom stereocenters. The quantitative estimate of drug-likeness (QED) is 0.639. The number of nitrogens with two attached hydrogens (primary N) is 1. The van der Waals surface area contributed by atoms with Crippen molar-refractivity contribution in [2.75, 3.05) is 27.7 Å². The molecular weight excluding hydrogens is 322 g/mol. The van der Waals surface area contributed by atoms with Gasteiger partial charge in [-0.15, -0.1) is 0 Å². The van der Waals surface area contributed by atoms with Crippen LogP contribution < -0.4 is 15.8 Å². The fourth-order valence-corrected chi connectivity index (χ4v) is 3.29. The lowest BCUT2D eigenvalue weighted by molar-refractivity contribution is 0.280. The van der Waals surface area contributed by atoms with E-state index in [4.69, 9.17) is 10.5 Å². The standard InChI is InChI=1S/C22H27N3O/c1-25(2)21(17-11-13-18(26-3)14-12-17)15-24-22(23)20-10-6-8-16-7-4-5-9-19(16)20/h4-14,21-22,24H,15,23H2,1-3H3. The van der Waals surface area contributed by atoms with Gasteiger partial charge in [-0.25, -0.2) is 0 Å². The van der Waals surface area contributed by atoms with Crippen LogP contribution in [0, 0.1) is 0 Å². The summed E-state index contributed by atoms with van der Waals surface area (Å²) in [6.07, 6.45) is -0.221. The number of fused-ring (bicyclic) bond motifs is 1. The van der Waals surface area contributed by atoms with Crippen LogP contribution in [0.4, 0.5) is 0 Å². The molecule has 26 heavy (non-hydrogen) atoms. The molecule has 3 rings (SSSR count). The first-order chi connectivity index (χ1) is 12.6. The Bertz CT molecular complexity index is 840. The van der Waals surface area contributed by atoms with E-state index in [0.29, 0.717) is 0 Å². The fraction of sp³-hybridized carbons (Fsp3) is 0.273.